The van der Waals surface area contributed by atoms with Gasteiger partial charge in [-0.25, -0.2) is 0 Å². The average molecular weight is 374 g/mol. The minimum atomic E-state index is 0.0672. The van der Waals surface area contributed by atoms with E-state index in [4.69, 9.17) is 4.74 Å². The van der Waals surface area contributed by atoms with E-state index in [9.17, 15) is 9.59 Å². The molecular formula is C20H30N4O3. The van der Waals surface area contributed by atoms with Crippen molar-refractivity contribution in [2.24, 2.45) is 0 Å². The Balaban J connectivity index is 1.32. The minimum Gasteiger partial charge on any atom is -0.497 e. The van der Waals surface area contributed by atoms with E-state index in [-0.39, 0.29) is 11.8 Å². The van der Waals surface area contributed by atoms with E-state index in [0.29, 0.717) is 19.5 Å². The average Bonchev–Trinajstić information content (AvgIpc) is 3.10. The van der Waals surface area contributed by atoms with E-state index >= 15 is 0 Å². The molecule has 0 aliphatic carbocycles. The van der Waals surface area contributed by atoms with Crippen LogP contribution in [0, 0.1) is 0 Å². The zero-order chi connectivity index (χ0) is 19.1. The van der Waals surface area contributed by atoms with Crippen LogP contribution in [0.15, 0.2) is 24.3 Å². The van der Waals surface area contributed by atoms with E-state index in [0.717, 1.165) is 63.5 Å². The maximum atomic E-state index is 12.1. The smallest absolute Gasteiger partial charge is 0.234 e. The van der Waals surface area contributed by atoms with Gasteiger partial charge in [0.15, 0.2) is 0 Å². The van der Waals surface area contributed by atoms with Crippen molar-refractivity contribution in [1.29, 1.82) is 0 Å². The molecule has 3 rings (SSSR count). The second kappa shape index (κ2) is 9.60. The molecule has 1 aromatic carbocycles. The lowest BCUT2D eigenvalue weighted by atomic mass is 10.2. The summed E-state index contributed by atoms with van der Waals surface area (Å²) >= 11 is 0. The van der Waals surface area contributed by atoms with Crippen molar-refractivity contribution in [3.8, 4) is 5.75 Å². The fraction of sp³-hybridized carbons (Fsp3) is 0.600. The van der Waals surface area contributed by atoms with Gasteiger partial charge in [0.1, 0.15) is 5.75 Å². The van der Waals surface area contributed by atoms with Gasteiger partial charge in [0.2, 0.25) is 11.8 Å². The number of benzene rings is 1. The van der Waals surface area contributed by atoms with Gasteiger partial charge in [0.25, 0.3) is 0 Å². The van der Waals surface area contributed by atoms with Crippen molar-refractivity contribution in [1.82, 2.24) is 15.1 Å². The molecule has 0 aromatic heterocycles. The van der Waals surface area contributed by atoms with Crippen LogP contribution in [0.25, 0.3) is 0 Å². The van der Waals surface area contributed by atoms with Crippen LogP contribution in [0.5, 0.6) is 5.75 Å². The van der Waals surface area contributed by atoms with Crippen molar-refractivity contribution >= 4 is 17.5 Å². The lowest BCUT2D eigenvalue weighted by molar-refractivity contribution is -0.127. The number of hydrogen-bond acceptors (Lipinski definition) is 5. The van der Waals surface area contributed by atoms with E-state index in [2.05, 4.69) is 21.2 Å². The molecule has 0 unspecified atom stereocenters. The van der Waals surface area contributed by atoms with E-state index < -0.39 is 0 Å². The lowest BCUT2D eigenvalue weighted by Crippen LogP contribution is -2.49. The highest BCUT2D eigenvalue weighted by Crippen LogP contribution is 2.22. The maximum absolute atomic E-state index is 12.1. The molecule has 0 radical (unpaired) electrons. The summed E-state index contributed by atoms with van der Waals surface area (Å²) in [4.78, 5) is 30.1. The number of carbonyl (C=O) groups excluding carboxylic acids is 2. The number of hydrogen-bond donors (Lipinski definition) is 1. The van der Waals surface area contributed by atoms with Crippen LogP contribution in [0.1, 0.15) is 19.3 Å². The second-order valence-electron chi connectivity index (χ2n) is 7.15. The Labute approximate surface area is 161 Å². The highest BCUT2D eigenvalue weighted by atomic mass is 16.5. The Kier molecular flexibility index (Phi) is 6.92. The SMILES string of the molecule is COc1cccc(N2CCN(CC(=O)NCCCN3CCCC3=O)CC2)c1. The molecule has 0 saturated carbocycles. The number of carbonyl (C=O) groups is 2. The second-order valence-corrected chi connectivity index (χ2v) is 7.15. The van der Waals surface area contributed by atoms with Crippen molar-refractivity contribution in [2.75, 3.05) is 64.4 Å². The third kappa shape index (κ3) is 5.60. The molecule has 7 heteroatoms. The molecule has 2 heterocycles. The standard InChI is InChI=1S/C20H30N4O3/c1-27-18-6-2-5-17(15-18)23-13-11-22(12-14-23)16-19(25)21-8-4-10-24-9-3-7-20(24)26/h2,5-6,15H,3-4,7-14,16H2,1H3,(H,21,25). The van der Waals surface area contributed by atoms with Crippen LogP contribution in [-0.2, 0) is 9.59 Å². The van der Waals surface area contributed by atoms with E-state index in [1.165, 1.54) is 0 Å². The first-order chi connectivity index (χ1) is 13.2. The molecular weight excluding hydrogens is 344 g/mol. The van der Waals surface area contributed by atoms with Crippen molar-refractivity contribution in [2.45, 2.75) is 19.3 Å². The number of nitrogens with zero attached hydrogens (tertiary/aromatic N) is 3. The quantitative estimate of drug-likeness (QED) is 0.687. The van der Waals surface area contributed by atoms with Gasteiger partial charge < -0.3 is 19.9 Å². The molecule has 0 atom stereocenters. The predicted octanol–water partition coefficient (Wildman–Crippen LogP) is 0.946. The fourth-order valence-corrected chi connectivity index (χ4v) is 3.67. The zero-order valence-electron chi connectivity index (χ0n) is 16.2. The fourth-order valence-electron chi connectivity index (χ4n) is 3.67. The Morgan fingerprint density at radius 2 is 2.00 bits per heavy atom. The van der Waals surface area contributed by atoms with Crippen molar-refractivity contribution < 1.29 is 14.3 Å². The topological polar surface area (TPSA) is 65.1 Å². The summed E-state index contributed by atoms with van der Waals surface area (Å²) in [6.07, 6.45) is 2.46. The van der Waals surface area contributed by atoms with Gasteiger partial charge >= 0.3 is 0 Å². The summed E-state index contributed by atoms with van der Waals surface area (Å²) in [5, 5.41) is 2.98. The number of ether oxygens (including phenoxy) is 1. The van der Waals surface area contributed by atoms with Gasteiger partial charge in [-0.3, -0.25) is 14.5 Å². The number of likely N-dealkylation sites (tertiary alicyclic amines) is 1. The Morgan fingerprint density at radius 1 is 1.19 bits per heavy atom. The molecule has 27 heavy (non-hydrogen) atoms. The molecule has 2 fully saturated rings. The van der Waals surface area contributed by atoms with Gasteiger partial charge in [-0.05, 0) is 25.0 Å². The number of methoxy groups -OCH3 is 1. The molecule has 1 aromatic rings. The van der Waals surface area contributed by atoms with Gasteiger partial charge in [-0.1, -0.05) is 6.07 Å². The van der Waals surface area contributed by atoms with Crippen LogP contribution in [0.3, 0.4) is 0 Å². The van der Waals surface area contributed by atoms with Gasteiger partial charge in [0, 0.05) is 64.0 Å². The number of piperazine rings is 1. The number of anilines is 1. The summed E-state index contributed by atoms with van der Waals surface area (Å²) in [5.74, 6) is 1.18. The third-order valence-corrected chi connectivity index (χ3v) is 5.26. The minimum absolute atomic E-state index is 0.0672. The number of rotatable bonds is 8. The molecule has 0 spiro atoms. The first kappa shape index (κ1) is 19.5. The number of amides is 2. The molecule has 2 amide bonds. The summed E-state index contributed by atoms with van der Waals surface area (Å²) < 4.78 is 5.29. The van der Waals surface area contributed by atoms with Gasteiger partial charge in [-0.15, -0.1) is 0 Å². The van der Waals surface area contributed by atoms with Crippen LogP contribution in [0.2, 0.25) is 0 Å². The Hall–Kier alpha value is -2.28. The predicted molar refractivity (Wildman–Crippen MR) is 105 cm³/mol. The molecule has 7 nitrogen and oxygen atoms in total. The molecule has 2 aliphatic rings. The van der Waals surface area contributed by atoms with Crippen LogP contribution in [0.4, 0.5) is 5.69 Å². The van der Waals surface area contributed by atoms with E-state index in [1.807, 2.05) is 23.1 Å². The highest BCUT2D eigenvalue weighted by Gasteiger charge is 2.20. The normalized spacial score (nSPS) is 18.0. The first-order valence-corrected chi connectivity index (χ1v) is 9.81. The zero-order valence-corrected chi connectivity index (χ0v) is 16.2. The van der Waals surface area contributed by atoms with Crippen LogP contribution >= 0.6 is 0 Å². The molecule has 148 valence electrons. The van der Waals surface area contributed by atoms with Gasteiger partial charge in [0.05, 0.1) is 13.7 Å². The maximum Gasteiger partial charge on any atom is 0.234 e. The number of nitrogens with one attached hydrogen (secondary N) is 1. The van der Waals surface area contributed by atoms with Crippen LogP contribution in [-0.4, -0.2) is 81.1 Å². The van der Waals surface area contributed by atoms with Crippen molar-refractivity contribution in [3.05, 3.63) is 24.3 Å². The molecule has 2 saturated heterocycles. The summed E-state index contributed by atoms with van der Waals surface area (Å²) in [6, 6.07) is 8.09. The lowest BCUT2D eigenvalue weighted by Gasteiger charge is -2.35. The largest absolute Gasteiger partial charge is 0.497 e. The van der Waals surface area contributed by atoms with Crippen molar-refractivity contribution in [3.63, 3.8) is 0 Å². The first-order valence-electron chi connectivity index (χ1n) is 9.81. The summed E-state index contributed by atoms with van der Waals surface area (Å²) in [5.41, 5.74) is 1.16. The Bertz CT molecular complexity index is 644. The molecule has 2 aliphatic heterocycles. The summed E-state index contributed by atoms with van der Waals surface area (Å²) in [7, 11) is 1.68. The third-order valence-electron chi connectivity index (χ3n) is 5.26. The van der Waals surface area contributed by atoms with E-state index in [1.54, 1.807) is 7.11 Å². The Morgan fingerprint density at radius 3 is 2.70 bits per heavy atom. The molecule has 1 N–H and O–H groups in total. The van der Waals surface area contributed by atoms with Gasteiger partial charge in [-0.2, -0.15) is 0 Å². The summed E-state index contributed by atoms with van der Waals surface area (Å²) in [6.45, 7) is 6.22. The monoisotopic (exact) mass is 374 g/mol. The van der Waals surface area contributed by atoms with Crippen LogP contribution < -0.4 is 15.0 Å². The molecule has 0 bridgehead atoms. The highest BCUT2D eigenvalue weighted by molar-refractivity contribution is 5.78.